The van der Waals surface area contributed by atoms with Gasteiger partial charge >= 0.3 is 0 Å². The number of anilines is 1. The molecule has 0 saturated heterocycles. The molecule has 0 aliphatic carbocycles. The minimum atomic E-state index is 0.790. The molecule has 2 aromatic carbocycles. The van der Waals surface area contributed by atoms with Gasteiger partial charge in [0.25, 0.3) is 0 Å². The van der Waals surface area contributed by atoms with Crippen molar-refractivity contribution in [2.75, 3.05) is 5.73 Å². The molecule has 0 amide bonds. The van der Waals surface area contributed by atoms with Crippen molar-refractivity contribution >= 4 is 54.9 Å². The third-order valence-corrected chi connectivity index (χ3v) is 5.69. The van der Waals surface area contributed by atoms with Gasteiger partial charge in [0.05, 0.1) is 10.2 Å². The molecule has 1 aromatic heterocycles. The summed E-state index contributed by atoms with van der Waals surface area (Å²) in [6.07, 6.45) is 0. The third-order valence-electron chi connectivity index (χ3n) is 2.70. The number of halogens is 1. The van der Waals surface area contributed by atoms with Crippen molar-refractivity contribution in [1.82, 2.24) is 4.98 Å². The van der Waals surface area contributed by atoms with Gasteiger partial charge in [0.2, 0.25) is 0 Å². The number of thiazole rings is 1. The predicted octanol–water partition coefficient (Wildman–Crippen LogP) is 4.93. The maximum Gasteiger partial charge on any atom is 0.151 e. The van der Waals surface area contributed by atoms with E-state index in [0.29, 0.717) is 0 Å². The fourth-order valence-electron chi connectivity index (χ4n) is 1.74. The Morgan fingerprint density at radius 1 is 1.21 bits per heavy atom. The van der Waals surface area contributed by atoms with Crippen LogP contribution < -0.4 is 5.73 Å². The molecular formula is C14H11BrN2S2. The Morgan fingerprint density at radius 2 is 2.05 bits per heavy atom. The topological polar surface area (TPSA) is 38.9 Å². The standard InChI is InChI=1S/C14H11BrN2S2/c15-11-4-2-1-3-9(11)8-18-14-17-12-6-5-10(16)7-13(12)19-14/h1-7H,8,16H2. The van der Waals surface area contributed by atoms with E-state index in [0.717, 1.165) is 30.5 Å². The first kappa shape index (κ1) is 13.0. The summed E-state index contributed by atoms with van der Waals surface area (Å²) in [5.41, 5.74) is 8.88. The first-order valence-corrected chi connectivity index (χ1v) is 8.34. The number of nitrogens with two attached hydrogens (primary N) is 1. The van der Waals surface area contributed by atoms with Crippen LogP contribution in [0.25, 0.3) is 10.2 Å². The van der Waals surface area contributed by atoms with Gasteiger partial charge in [0.15, 0.2) is 4.34 Å². The van der Waals surface area contributed by atoms with Gasteiger partial charge in [-0.05, 0) is 29.8 Å². The number of fused-ring (bicyclic) bond motifs is 1. The fourth-order valence-corrected chi connectivity index (χ4v) is 4.47. The first-order valence-electron chi connectivity index (χ1n) is 5.74. The average molecular weight is 351 g/mol. The summed E-state index contributed by atoms with van der Waals surface area (Å²) in [6.45, 7) is 0. The average Bonchev–Trinajstić information content (AvgIpc) is 2.79. The highest BCUT2D eigenvalue weighted by atomic mass is 79.9. The Labute approximate surface area is 128 Å². The van der Waals surface area contributed by atoms with Crippen LogP contribution in [0, 0.1) is 0 Å². The van der Waals surface area contributed by atoms with E-state index in [1.165, 1.54) is 5.56 Å². The molecule has 0 unspecified atom stereocenters. The Balaban J connectivity index is 1.80. The minimum absolute atomic E-state index is 0.790. The van der Waals surface area contributed by atoms with Gasteiger partial charge in [-0.25, -0.2) is 4.98 Å². The molecule has 3 aromatic rings. The van der Waals surface area contributed by atoms with E-state index in [2.05, 4.69) is 39.1 Å². The molecule has 0 aliphatic heterocycles. The molecule has 0 bridgehead atoms. The van der Waals surface area contributed by atoms with E-state index in [1.807, 2.05) is 24.3 Å². The third kappa shape index (κ3) is 2.94. The monoisotopic (exact) mass is 350 g/mol. The number of aromatic nitrogens is 1. The largest absolute Gasteiger partial charge is 0.399 e. The highest BCUT2D eigenvalue weighted by Gasteiger charge is 2.06. The van der Waals surface area contributed by atoms with E-state index in [4.69, 9.17) is 5.73 Å². The normalized spacial score (nSPS) is 11.0. The Bertz CT molecular complexity index is 724. The Hall–Kier alpha value is -1.04. The molecule has 0 saturated carbocycles. The van der Waals surface area contributed by atoms with Crippen LogP contribution in [0.1, 0.15) is 5.56 Å². The van der Waals surface area contributed by atoms with Crippen molar-refractivity contribution in [3.8, 4) is 0 Å². The molecule has 2 nitrogen and oxygen atoms in total. The predicted molar refractivity (Wildman–Crippen MR) is 87.7 cm³/mol. The summed E-state index contributed by atoms with van der Waals surface area (Å²) in [5.74, 6) is 0.913. The van der Waals surface area contributed by atoms with Gasteiger partial charge in [-0.15, -0.1) is 11.3 Å². The highest BCUT2D eigenvalue weighted by Crippen LogP contribution is 2.33. The van der Waals surface area contributed by atoms with Crippen molar-refractivity contribution in [2.45, 2.75) is 10.1 Å². The Kier molecular flexibility index (Phi) is 3.77. The van der Waals surface area contributed by atoms with E-state index in [-0.39, 0.29) is 0 Å². The minimum Gasteiger partial charge on any atom is -0.399 e. The van der Waals surface area contributed by atoms with E-state index in [9.17, 15) is 0 Å². The fraction of sp³-hybridized carbons (Fsp3) is 0.0714. The van der Waals surface area contributed by atoms with Gasteiger partial charge in [-0.3, -0.25) is 0 Å². The molecule has 96 valence electrons. The molecular weight excluding hydrogens is 340 g/mol. The number of rotatable bonds is 3. The lowest BCUT2D eigenvalue weighted by molar-refractivity contribution is 1.28. The summed E-state index contributed by atoms with van der Waals surface area (Å²) in [7, 11) is 0. The molecule has 3 rings (SSSR count). The van der Waals surface area contributed by atoms with E-state index < -0.39 is 0 Å². The van der Waals surface area contributed by atoms with Crippen LogP contribution in [0.2, 0.25) is 0 Å². The van der Waals surface area contributed by atoms with E-state index >= 15 is 0 Å². The van der Waals surface area contributed by atoms with Crippen LogP contribution in [-0.2, 0) is 5.75 Å². The molecule has 0 radical (unpaired) electrons. The molecule has 0 spiro atoms. The molecule has 0 fully saturated rings. The van der Waals surface area contributed by atoms with Crippen LogP contribution in [-0.4, -0.2) is 4.98 Å². The lowest BCUT2D eigenvalue weighted by Crippen LogP contribution is -1.82. The van der Waals surface area contributed by atoms with Crippen molar-refractivity contribution in [2.24, 2.45) is 0 Å². The van der Waals surface area contributed by atoms with Crippen molar-refractivity contribution in [1.29, 1.82) is 0 Å². The van der Waals surface area contributed by atoms with Crippen molar-refractivity contribution in [3.63, 3.8) is 0 Å². The SMILES string of the molecule is Nc1ccc2nc(SCc3ccccc3Br)sc2c1. The number of nitrogens with zero attached hydrogens (tertiary/aromatic N) is 1. The maximum atomic E-state index is 5.78. The maximum absolute atomic E-state index is 5.78. The number of hydrogen-bond acceptors (Lipinski definition) is 4. The lowest BCUT2D eigenvalue weighted by atomic mass is 10.2. The second kappa shape index (κ2) is 5.53. The number of nitrogen functional groups attached to an aromatic ring is 1. The summed E-state index contributed by atoms with van der Waals surface area (Å²) in [6, 6.07) is 14.1. The number of hydrogen-bond donors (Lipinski definition) is 1. The van der Waals surface area contributed by atoms with Crippen LogP contribution in [0.15, 0.2) is 51.3 Å². The van der Waals surface area contributed by atoms with Crippen LogP contribution in [0.3, 0.4) is 0 Å². The van der Waals surface area contributed by atoms with Gasteiger partial charge < -0.3 is 5.73 Å². The van der Waals surface area contributed by atoms with Crippen LogP contribution >= 0.6 is 39.0 Å². The van der Waals surface area contributed by atoms with Gasteiger partial charge in [0, 0.05) is 15.9 Å². The second-order valence-electron chi connectivity index (χ2n) is 4.09. The van der Waals surface area contributed by atoms with E-state index in [1.54, 1.807) is 23.1 Å². The number of benzene rings is 2. The quantitative estimate of drug-likeness (QED) is 0.537. The molecule has 19 heavy (non-hydrogen) atoms. The number of thioether (sulfide) groups is 1. The summed E-state index contributed by atoms with van der Waals surface area (Å²) >= 11 is 7.02. The summed E-state index contributed by atoms with van der Waals surface area (Å²) in [4.78, 5) is 4.61. The van der Waals surface area contributed by atoms with Crippen molar-refractivity contribution < 1.29 is 0 Å². The zero-order chi connectivity index (χ0) is 13.2. The smallest absolute Gasteiger partial charge is 0.151 e. The molecule has 0 atom stereocenters. The summed E-state index contributed by atoms with van der Waals surface area (Å²) in [5, 5.41) is 0. The van der Waals surface area contributed by atoms with Gasteiger partial charge in [-0.1, -0.05) is 45.9 Å². The first-order chi connectivity index (χ1) is 9.22. The summed E-state index contributed by atoms with van der Waals surface area (Å²) < 4.78 is 3.37. The van der Waals surface area contributed by atoms with Gasteiger partial charge in [-0.2, -0.15) is 0 Å². The second-order valence-corrected chi connectivity index (χ2v) is 7.19. The lowest BCUT2D eigenvalue weighted by Gasteiger charge is -2.01. The molecule has 2 N–H and O–H groups in total. The molecule has 5 heteroatoms. The molecule has 1 heterocycles. The van der Waals surface area contributed by atoms with Crippen LogP contribution in [0.4, 0.5) is 5.69 Å². The van der Waals surface area contributed by atoms with Crippen molar-refractivity contribution in [3.05, 3.63) is 52.5 Å². The zero-order valence-electron chi connectivity index (χ0n) is 9.97. The van der Waals surface area contributed by atoms with Crippen LogP contribution in [0.5, 0.6) is 0 Å². The Morgan fingerprint density at radius 3 is 2.89 bits per heavy atom. The highest BCUT2D eigenvalue weighted by molar-refractivity contribution is 9.10. The zero-order valence-corrected chi connectivity index (χ0v) is 13.2. The van der Waals surface area contributed by atoms with Gasteiger partial charge in [0.1, 0.15) is 0 Å². The molecule has 0 aliphatic rings.